The van der Waals surface area contributed by atoms with Crippen molar-refractivity contribution in [3.8, 4) is 0 Å². The maximum absolute atomic E-state index is 3.56. The molecule has 2 fully saturated rings. The number of benzene rings is 2. The summed E-state index contributed by atoms with van der Waals surface area (Å²) in [7, 11) is 0. The number of fused-ring (bicyclic) bond motifs is 2. The van der Waals surface area contributed by atoms with Gasteiger partial charge in [-0.3, -0.25) is 0 Å². The van der Waals surface area contributed by atoms with Crippen molar-refractivity contribution in [2.45, 2.75) is 119 Å². The first kappa shape index (κ1) is 32.2. The Bertz CT molecular complexity index is 1150. The van der Waals surface area contributed by atoms with Gasteiger partial charge in [0.25, 0.3) is 0 Å². The highest BCUT2D eigenvalue weighted by Crippen LogP contribution is 2.54. The molecule has 0 radical (unpaired) electrons. The van der Waals surface area contributed by atoms with Crippen LogP contribution in [0, 0.1) is 23.2 Å². The number of aryl methyl sites for hydroxylation is 1. The van der Waals surface area contributed by atoms with Crippen molar-refractivity contribution in [3.63, 3.8) is 0 Å². The lowest BCUT2D eigenvalue weighted by molar-refractivity contribution is 0.249. The molecule has 0 heteroatoms. The van der Waals surface area contributed by atoms with Gasteiger partial charge in [-0.05, 0) is 85.0 Å². The largest absolute Gasteiger partial charge is 0.100 e. The van der Waals surface area contributed by atoms with Crippen molar-refractivity contribution >= 4 is 0 Å². The highest BCUT2D eigenvalue weighted by atomic mass is 14.5. The first-order valence-corrected chi connectivity index (χ1v) is 16.2. The van der Waals surface area contributed by atoms with Crippen molar-refractivity contribution < 1.29 is 0 Å². The third-order valence-electron chi connectivity index (χ3n) is 9.14. The van der Waals surface area contributed by atoms with Crippen LogP contribution in [0.15, 0.2) is 84.5 Å². The summed E-state index contributed by atoms with van der Waals surface area (Å²) in [4.78, 5) is 0. The Balaban J connectivity index is 0.000000282. The molecule has 0 nitrogen and oxygen atoms in total. The van der Waals surface area contributed by atoms with E-state index in [0.717, 1.165) is 31.1 Å². The Hall–Kier alpha value is -2.34. The van der Waals surface area contributed by atoms with E-state index in [0.29, 0.717) is 11.3 Å². The lowest BCUT2D eigenvalue weighted by Gasteiger charge is -2.36. The molecule has 4 atom stereocenters. The molecule has 0 aromatic heterocycles. The summed E-state index contributed by atoms with van der Waals surface area (Å²) in [6.45, 7) is 21.5. The van der Waals surface area contributed by atoms with Gasteiger partial charge in [0, 0.05) is 5.41 Å². The minimum absolute atomic E-state index is 0.0813. The van der Waals surface area contributed by atoms with E-state index in [2.05, 4.69) is 115 Å². The van der Waals surface area contributed by atoms with Gasteiger partial charge >= 0.3 is 0 Å². The summed E-state index contributed by atoms with van der Waals surface area (Å²) in [5.41, 5.74) is 9.06. The van der Waals surface area contributed by atoms with Crippen LogP contribution in [0.3, 0.4) is 0 Å². The van der Waals surface area contributed by atoms with E-state index in [1.54, 1.807) is 5.57 Å². The van der Waals surface area contributed by atoms with E-state index in [-0.39, 0.29) is 5.41 Å². The molecular formula is C40H58. The second kappa shape index (κ2) is 14.5. The zero-order valence-electron chi connectivity index (χ0n) is 27.2. The van der Waals surface area contributed by atoms with E-state index in [1.165, 1.54) is 66.4 Å². The highest BCUT2D eigenvalue weighted by Gasteiger charge is 2.47. The fourth-order valence-corrected chi connectivity index (χ4v) is 7.14. The van der Waals surface area contributed by atoms with Crippen LogP contribution in [0.4, 0.5) is 0 Å². The molecule has 2 bridgehead atoms. The molecule has 218 valence electrons. The van der Waals surface area contributed by atoms with Crippen LogP contribution in [0.5, 0.6) is 0 Å². The second-order valence-electron chi connectivity index (χ2n) is 14.3. The zero-order chi connectivity index (χ0) is 29.3. The molecule has 5 rings (SSSR count). The SMILES string of the molecule is C=C(C)C.CCC1CCCCC1C.CCc1cccc(C2(c3cccc(CC(C)(C)C)c3)CC3=CC=CC2C3)c1. The number of allylic oxidation sites excluding steroid dienone is 5. The van der Waals surface area contributed by atoms with E-state index in [4.69, 9.17) is 0 Å². The molecule has 0 spiro atoms. The van der Waals surface area contributed by atoms with Crippen LogP contribution in [-0.4, -0.2) is 0 Å². The maximum atomic E-state index is 3.56. The third-order valence-corrected chi connectivity index (χ3v) is 9.14. The lowest BCUT2D eigenvalue weighted by atomic mass is 9.66. The Kier molecular flexibility index (Phi) is 11.7. The van der Waals surface area contributed by atoms with E-state index < -0.39 is 0 Å². The molecule has 2 saturated carbocycles. The predicted molar refractivity (Wildman–Crippen MR) is 178 cm³/mol. The normalized spacial score (nSPS) is 25.2. The van der Waals surface area contributed by atoms with Gasteiger partial charge in [-0.25, -0.2) is 0 Å². The quantitative estimate of drug-likeness (QED) is 0.332. The van der Waals surface area contributed by atoms with Crippen molar-refractivity contribution in [2.75, 3.05) is 0 Å². The monoisotopic (exact) mass is 538 g/mol. The van der Waals surface area contributed by atoms with Gasteiger partial charge in [-0.15, -0.1) is 6.58 Å². The van der Waals surface area contributed by atoms with Gasteiger partial charge in [0.05, 0.1) is 0 Å². The summed E-state index contributed by atoms with van der Waals surface area (Å²) in [6, 6.07) is 18.8. The number of hydrogen-bond donors (Lipinski definition) is 0. The molecule has 0 amide bonds. The Morgan fingerprint density at radius 1 is 0.925 bits per heavy atom. The second-order valence-corrected chi connectivity index (χ2v) is 14.3. The fraction of sp³-hybridized carbons (Fsp3) is 0.550. The molecule has 3 aliphatic carbocycles. The van der Waals surface area contributed by atoms with Crippen molar-refractivity contribution in [1.29, 1.82) is 0 Å². The Morgan fingerprint density at radius 2 is 1.52 bits per heavy atom. The standard InChI is InChI=1S/C27H32.C9H18.C4H8/c1-5-20-9-6-12-23(15-20)27(19-22-11-8-14-25(27)17-22)24-13-7-10-21(16-24)18-26(2,3)4;1-3-9-7-5-4-6-8(9)2;1-4(2)3/h6-16,25H,5,17-19H2,1-4H3;8-9H,3-7H2,1-2H3;1H2,2-3H3. The number of hydrogen-bond acceptors (Lipinski definition) is 0. The topological polar surface area (TPSA) is 0 Å². The van der Waals surface area contributed by atoms with Crippen LogP contribution >= 0.6 is 0 Å². The molecule has 0 aliphatic heterocycles. The summed E-state index contributed by atoms with van der Waals surface area (Å²) >= 11 is 0. The van der Waals surface area contributed by atoms with Gasteiger partial charge in [0.2, 0.25) is 0 Å². The van der Waals surface area contributed by atoms with Crippen molar-refractivity contribution in [2.24, 2.45) is 23.2 Å². The van der Waals surface area contributed by atoms with Gasteiger partial charge in [0.15, 0.2) is 0 Å². The van der Waals surface area contributed by atoms with Gasteiger partial charge in [-0.1, -0.05) is 152 Å². The molecule has 4 unspecified atom stereocenters. The Morgan fingerprint density at radius 3 is 2.05 bits per heavy atom. The molecule has 40 heavy (non-hydrogen) atoms. The molecule has 0 N–H and O–H groups in total. The van der Waals surface area contributed by atoms with Crippen LogP contribution in [-0.2, 0) is 18.3 Å². The van der Waals surface area contributed by atoms with Gasteiger partial charge < -0.3 is 0 Å². The van der Waals surface area contributed by atoms with Crippen LogP contribution < -0.4 is 0 Å². The summed E-state index contributed by atoms with van der Waals surface area (Å²) < 4.78 is 0. The average Bonchev–Trinajstić information content (AvgIpc) is 3.18. The minimum Gasteiger partial charge on any atom is -0.100 e. The highest BCUT2D eigenvalue weighted by molar-refractivity contribution is 5.50. The first-order valence-electron chi connectivity index (χ1n) is 16.2. The predicted octanol–water partition coefficient (Wildman–Crippen LogP) is 11.8. The first-order chi connectivity index (χ1) is 19.0. The molecule has 0 heterocycles. The molecule has 2 aromatic rings. The van der Waals surface area contributed by atoms with E-state index >= 15 is 0 Å². The van der Waals surface area contributed by atoms with Crippen LogP contribution in [0.2, 0.25) is 0 Å². The fourth-order valence-electron chi connectivity index (χ4n) is 7.14. The molecular weight excluding hydrogens is 480 g/mol. The average molecular weight is 539 g/mol. The zero-order valence-corrected chi connectivity index (χ0v) is 27.2. The molecule has 3 aliphatic rings. The van der Waals surface area contributed by atoms with Crippen molar-refractivity contribution in [3.05, 3.63) is 107 Å². The van der Waals surface area contributed by atoms with Crippen LogP contribution in [0.25, 0.3) is 0 Å². The number of rotatable bonds is 5. The molecule has 2 aromatic carbocycles. The summed E-state index contributed by atoms with van der Waals surface area (Å²) in [5, 5.41) is 0. The van der Waals surface area contributed by atoms with Gasteiger partial charge in [-0.2, -0.15) is 0 Å². The van der Waals surface area contributed by atoms with Crippen LogP contribution in [0.1, 0.15) is 123 Å². The Labute approximate surface area is 248 Å². The lowest BCUT2D eigenvalue weighted by Crippen LogP contribution is -2.31. The molecule has 0 saturated heterocycles. The van der Waals surface area contributed by atoms with Crippen molar-refractivity contribution in [1.82, 2.24) is 0 Å². The minimum atomic E-state index is 0.0813. The van der Waals surface area contributed by atoms with E-state index in [9.17, 15) is 0 Å². The maximum Gasteiger partial charge on any atom is 0.0305 e. The van der Waals surface area contributed by atoms with E-state index in [1.807, 2.05) is 13.8 Å². The summed E-state index contributed by atoms with van der Waals surface area (Å²) in [5.74, 6) is 2.64. The van der Waals surface area contributed by atoms with Gasteiger partial charge in [0.1, 0.15) is 0 Å². The third kappa shape index (κ3) is 8.58. The summed E-state index contributed by atoms with van der Waals surface area (Å²) in [6.07, 6.45) is 19.0. The smallest absolute Gasteiger partial charge is 0.0305 e.